The molecule has 0 fully saturated rings. The molecule has 4 heteroatoms. The summed E-state index contributed by atoms with van der Waals surface area (Å²) in [5.74, 6) is 1.44. The van der Waals surface area contributed by atoms with Gasteiger partial charge in [-0.05, 0) is 38.4 Å². The van der Waals surface area contributed by atoms with Crippen LogP contribution in [0, 0.1) is 0 Å². The number of hydrogen-bond acceptors (Lipinski definition) is 3. The first kappa shape index (κ1) is 17.6. The largest absolute Gasteiger partial charge is 0.493 e. The molecule has 124 valence electrons. The van der Waals surface area contributed by atoms with Crippen molar-refractivity contribution in [3.8, 4) is 11.5 Å². The Hall–Kier alpha value is -1.71. The van der Waals surface area contributed by atoms with E-state index in [0.29, 0.717) is 17.3 Å². The van der Waals surface area contributed by atoms with Crippen LogP contribution in [-0.4, -0.2) is 19.8 Å². The van der Waals surface area contributed by atoms with Gasteiger partial charge in [-0.25, -0.2) is 0 Å². The van der Waals surface area contributed by atoms with E-state index < -0.39 is 0 Å². The summed E-state index contributed by atoms with van der Waals surface area (Å²) in [4.78, 5) is 0. The van der Waals surface area contributed by atoms with Crippen LogP contribution in [0.3, 0.4) is 0 Å². The topological polar surface area (TPSA) is 30.5 Å². The minimum atomic E-state index is 0.0770. The molecule has 2 aromatic carbocycles. The Kier molecular flexibility index (Phi) is 6.75. The highest BCUT2D eigenvalue weighted by Gasteiger charge is 2.14. The van der Waals surface area contributed by atoms with Crippen molar-refractivity contribution in [3.63, 3.8) is 0 Å². The summed E-state index contributed by atoms with van der Waals surface area (Å²) >= 11 is 6.18. The lowest BCUT2D eigenvalue weighted by atomic mass is 10.1. The Morgan fingerprint density at radius 2 is 1.87 bits per heavy atom. The maximum atomic E-state index is 6.18. The van der Waals surface area contributed by atoms with Crippen LogP contribution in [0.25, 0.3) is 0 Å². The fraction of sp³-hybridized carbons (Fsp3) is 0.368. The summed E-state index contributed by atoms with van der Waals surface area (Å²) in [5.41, 5.74) is 2.33. The van der Waals surface area contributed by atoms with Crippen LogP contribution in [0.15, 0.2) is 42.5 Å². The van der Waals surface area contributed by atoms with Crippen LogP contribution < -0.4 is 14.8 Å². The van der Waals surface area contributed by atoms with E-state index in [2.05, 4.69) is 29.6 Å². The van der Waals surface area contributed by atoms with Crippen molar-refractivity contribution in [3.05, 3.63) is 58.6 Å². The minimum Gasteiger partial charge on any atom is -0.493 e. The molecule has 0 saturated heterocycles. The minimum absolute atomic E-state index is 0.0770. The maximum absolute atomic E-state index is 6.18. The first-order chi connectivity index (χ1) is 11.1. The smallest absolute Gasteiger partial charge is 0.166 e. The van der Waals surface area contributed by atoms with Crippen molar-refractivity contribution in [1.82, 2.24) is 5.32 Å². The first-order valence-corrected chi connectivity index (χ1v) is 8.25. The Morgan fingerprint density at radius 3 is 2.52 bits per heavy atom. The number of ether oxygens (including phenoxy) is 2. The molecular formula is C19H24ClNO2. The summed E-state index contributed by atoms with van der Waals surface area (Å²) in [7, 11) is 1.63. The maximum Gasteiger partial charge on any atom is 0.166 e. The molecular weight excluding hydrogens is 310 g/mol. The monoisotopic (exact) mass is 333 g/mol. The summed E-state index contributed by atoms with van der Waals surface area (Å²) in [6, 6.07) is 14.1. The number of hydrogen-bond donors (Lipinski definition) is 1. The van der Waals surface area contributed by atoms with E-state index in [4.69, 9.17) is 21.1 Å². The van der Waals surface area contributed by atoms with E-state index in [9.17, 15) is 0 Å². The molecule has 0 bridgehead atoms. The van der Waals surface area contributed by atoms with E-state index in [1.54, 1.807) is 13.2 Å². The SMILES string of the molecule is COc1cc(Cl)cc(CNCCc2ccccc2)c1OC(C)C. The van der Waals surface area contributed by atoms with Gasteiger partial charge in [0.25, 0.3) is 0 Å². The molecule has 0 aliphatic carbocycles. The van der Waals surface area contributed by atoms with Gasteiger partial charge in [-0.15, -0.1) is 0 Å². The highest BCUT2D eigenvalue weighted by atomic mass is 35.5. The van der Waals surface area contributed by atoms with Gasteiger partial charge >= 0.3 is 0 Å². The third-order valence-electron chi connectivity index (χ3n) is 3.42. The number of benzene rings is 2. The molecule has 0 amide bonds. The molecule has 3 nitrogen and oxygen atoms in total. The van der Waals surface area contributed by atoms with Crippen molar-refractivity contribution in [2.45, 2.75) is 32.9 Å². The number of rotatable bonds is 8. The van der Waals surface area contributed by atoms with Crippen LogP contribution in [0.5, 0.6) is 11.5 Å². The van der Waals surface area contributed by atoms with Gasteiger partial charge in [-0.2, -0.15) is 0 Å². The summed E-state index contributed by atoms with van der Waals surface area (Å²) < 4.78 is 11.3. The summed E-state index contributed by atoms with van der Waals surface area (Å²) in [6.07, 6.45) is 1.06. The Labute approximate surface area is 143 Å². The van der Waals surface area contributed by atoms with Crippen molar-refractivity contribution in [1.29, 1.82) is 0 Å². The Balaban J connectivity index is 2.01. The molecule has 0 aromatic heterocycles. The molecule has 0 heterocycles. The highest BCUT2D eigenvalue weighted by molar-refractivity contribution is 6.30. The van der Waals surface area contributed by atoms with Gasteiger partial charge in [-0.1, -0.05) is 41.9 Å². The van der Waals surface area contributed by atoms with Gasteiger partial charge in [0.1, 0.15) is 0 Å². The zero-order chi connectivity index (χ0) is 16.7. The first-order valence-electron chi connectivity index (χ1n) is 7.88. The zero-order valence-corrected chi connectivity index (χ0v) is 14.7. The van der Waals surface area contributed by atoms with E-state index in [1.165, 1.54) is 5.56 Å². The lowest BCUT2D eigenvalue weighted by molar-refractivity contribution is 0.227. The molecule has 0 aliphatic rings. The van der Waals surface area contributed by atoms with E-state index >= 15 is 0 Å². The van der Waals surface area contributed by atoms with Crippen LogP contribution in [-0.2, 0) is 13.0 Å². The van der Waals surface area contributed by atoms with Crippen molar-refractivity contribution >= 4 is 11.6 Å². The fourth-order valence-corrected chi connectivity index (χ4v) is 2.61. The van der Waals surface area contributed by atoms with Crippen molar-refractivity contribution < 1.29 is 9.47 Å². The average Bonchev–Trinajstić information content (AvgIpc) is 2.54. The Bertz CT molecular complexity index is 614. The van der Waals surface area contributed by atoms with Gasteiger partial charge in [0.2, 0.25) is 0 Å². The molecule has 0 unspecified atom stereocenters. The fourth-order valence-electron chi connectivity index (χ4n) is 2.38. The van der Waals surface area contributed by atoms with Crippen molar-refractivity contribution in [2.75, 3.05) is 13.7 Å². The lowest BCUT2D eigenvalue weighted by Gasteiger charge is -2.18. The van der Waals surface area contributed by atoms with Gasteiger partial charge in [-0.3, -0.25) is 0 Å². The summed E-state index contributed by atoms with van der Waals surface area (Å²) in [5, 5.41) is 4.10. The molecule has 0 spiro atoms. The van der Waals surface area contributed by atoms with Crippen molar-refractivity contribution in [2.24, 2.45) is 0 Å². The van der Waals surface area contributed by atoms with Crippen LogP contribution in [0.1, 0.15) is 25.0 Å². The van der Waals surface area contributed by atoms with E-state index in [0.717, 1.165) is 24.3 Å². The predicted octanol–water partition coefficient (Wildman–Crippen LogP) is 4.47. The van der Waals surface area contributed by atoms with Gasteiger partial charge < -0.3 is 14.8 Å². The second-order valence-electron chi connectivity index (χ2n) is 5.68. The van der Waals surface area contributed by atoms with E-state index in [1.807, 2.05) is 26.0 Å². The zero-order valence-electron chi connectivity index (χ0n) is 13.9. The number of nitrogens with one attached hydrogen (secondary N) is 1. The molecule has 23 heavy (non-hydrogen) atoms. The van der Waals surface area contributed by atoms with Gasteiger partial charge in [0, 0.05) is 23.2 Å². The molecule has 0 saturated carbocycles. The second-order valence-corrected chi connectivity index (χ2v) is 6.11. The molecule has 1 N–H and O–H groups in total. The average molecular weight is 334 g/mol. The quantitative estimate of drug-likeness (QED) is 0.723. The molecule has 0 radical (unpaired) electrons. The highest BCUT2D eigenvalue weighted by Crippen LogP contribution is 2.35. The summed E-state index contributed by atoms with van der Waals surface area (Å²) in [6.45, 7) is 5.58. The lowest BCUT2D eigenvalue weighted by Crippen LogP contribution is -2.18. The third-order valence-corrected chi connectivity index (χ3v) is 3.64. The van der Waals surface area contributed by atoms with Crippen LogP contribution in [0.2, 0.25) is 5.02 Å². The van der Waals surface area contributed by atoms with Gasteiger partial charge in [0.05, 0.1) is 13.2 Å². The predicted molar refractivity (Wildman–Crippen MR) is 95.6 cm³/mol. The third kappa shape index (κ3) is 5.45. The van der Waals surface area contributed by atoms with Crippen LogP contribution >= 0.6 is 11.6 Å². The van der Waals surface area contributed by atoms with Gasteiger partial charge in [0.15, 0.2) is 11.5 Å². The number of methoxy groups -OCH3 is 1. The number of halogens is 1. The Morgan fingerprint density at radius 1 is 1.13 bits per heavy atom. The molecule has 2 aromatic rings. The molecule has 2 rings (SSSR count). The molecule has 0 aliphatic heterocycles. The normalized spacial score (nSPS) is 10.8. The van der Waals surface area contributed by atoms with Crippen LogP contribution in [0.4, 0.5) is 0 Å². The second kappa shape index (κ2) is 8.80. The van der Waals surface area contributed by atoms with E-state index in [-0.39, 0.29) is 6.10 Å². The molecule has 0 atom stereocenters. The standard InChI is InChI=1S/C19H24ClNO2/c1-14(2)23-19-16(11-17(20)12-18(19)22-3)13-21-10-9-15-7-5-4-6-8-15/h4-8,11-12,14,21H,9-10,13H2,1-3H3.